The largest absolute Gasteiger partial charge is 0.367 e. The van der Waals surface area contributed by atoms with Crippen molar-refractivity contribution in [3.63, 3.8) is 0 Å². The Morgan fingerprint density at radius 2 is 1.71 bits per heavy atom. The first-order valence-electron chi connectivity index (χ1n) is 7.30. The number of anilines is 2. The molecule has 0 atom stereocenters. The molecule has 1 aromatic heterocycles. The normalized spacial score (nSPS) is 22.0. The van der Waals surface area contributed by atoms with Gasteiger partial charge in [0.2, 0.25) is 0 Å². The van der Waals surface area contributed by atoms with E-state index in [0.717, 1.165) is 30.0 Å². The second-order valence-electron chi connectivity index (χ2n) is 5.89. The van der Waals surface area contributed by atoms with Crippen molar-refractivity contribution in [2.24, 2.45) is 5.84 Å². The number of aromatic nitrogens is 2. The van der Waals surface area contributed by atoms with E-state index in [1.165, 1.54) is 0 Å². The van der Waals surface area contributed by atoms with Gasteiger partial charge in [0.25, 0.3) is 0 Å². The summed E-state index contributed by atoms with van der Waals surface area (Å²) in [6, 6.07) is 0.139. The van der Waals surface area contributed by atoms with Crippen molar-refractivity contribution in [1.82, 2.24) is 9.97 Å². The highest BCUT2D eigenvalue weighted by Gasteiger charge is 2.29. The summed E-state index contributed by atoms with van der Waals surface area (Å²) in [6.45, 7) is 1.91. The molecule has 2 aliphatic rings. The third-order valence-corrected chi connectivity index (χ3v) is 5.85. The molecule has 3 rings (SSSR count). The lowest BCUT2D eigenvalue weighted by Crippen LogP contribution is -2.33. The highest BCUT2D eigenvalue weighted by Crippen LogP contribution is 2.39. The minimum atomic E-state index is -2.85. The number of rotatable bonds is 4. The van der Waals surface area contributed by atoms with E-state index in [9.17, 15) is 8.42 Å². The third kappa shape index (κ3) is 3.26. The van der Waals surface area contributed by atoms with Gasteiger partial charge in [-0.3, -0.25) is 0 Å². The van der Waals surface area contributed by atoms with Crippen molar-refractivity contribution in [3.8, 4) is 0 Å². The molecule has 0 unspecified atom stereocenters. The molecule has 1 saturated heterocycles. The number of hydrogen-bond acceptors (Lipinski definition) is 7. The minimum absolute atomic E-state index is 0.139. The highest BCUT2D eigenvalue weighted by molar-refractivity contribution is 7.91. The molecule has 2 fully saturated rings. The Balaban J connectivity index is 1.79. The molecule has 0 spiro atoms. The molecule has 4 N–H and O–H groups in total. The second kappa shape index (κ2) is 5.42. The lowest BCUT2D eigenvalue weighted by molar-refractivity contribution is 0.558. The van der Waals surface area contributed by atoms with Crippen LogP contribution >= 0.6 is 0 Å². The summed E-state index contributed by atoms with van der Waals surface area (Å²) in [5, 5.41) is 3.37. The van der Waals surface area contributed by atoms with Gasteiger partial charge in [-0.15, -0.1) is 0 Å². The Bertz CT molecular complexity index is 628. The first kappa shape index (κ1) is 14.5. The maximum atomic E-state index is 11.5. The number of nitrogens with zero attached hydrogens (tertiary/aromatic N) is 2. The van der Waals surface area contributed by atoms with Crippen molar-refractivity contribution in [2.45, 2.75) is 44.6 Å². The standard InChI is InChI=1S/C13H21N5O2S/c1-8-11(15-10-4-6-21(19,20)7-5-10)16-13(9-2-3-9)17-12(8)18-14/h9-10H,2-7,14H2,1H3,(H2,15,16,17,18). The van der Waals surface area contributed by atoms with Crippen molar-refractivity contribution < 1.29 is 8.42 Å². The number of nitrogens with two attached hydrogens (primary N) is 1. The monoisotopic (exact) mass is 311 g/mol. The van der Waals surface area contributed by atoms with E-state index >= 15 is 0 Å². The van der Waals surface area contributed by atoms with Crippen LogP contribution in [0.5, 0.6) is 0 Å². The number of sulfone groups is 1. The predicted octanol–water partition coefficient (Wildman–Crippen LogP) is 0.937. The number of hydrogen-bond donors (Lipinski definition) is 3. The molecule has 0 bridgehead atoms. The van der Waals surface area contributed by atoms with Crippen LogP contribution in [-0.2, 0) is 9.84 Å². The Hall–Kier alpha value is -1.41. The van der Waals surface area contributed by atoms with Gasteiger partial charge in [0, 0.05) is 17.5 Å². The van der Waals surface area contributed by atoms with E-state index in [1.54, 1.807) is 0 Å². The maximum Gasteiger partial charge on any atom is 0.150 e. The smallest absolute Gasteiger partial charge is 0.150 e. The topological polar surface area (TPSA) is 110 Å². The van der Waals surface area contributed by atoms with Crippen LogP contribution in [0.15, 0.2) is 0 Å². The van der Waals surface area contributed by atoms with Gasteiger partial charge in [-0.05, 0) is 32.6 Å². The maximum absolute atomic E-state index is 11.5. The Kier molecular flexibility index (Phi) is 3.75. The SMILES string of the molecule is Cc1c(NN)nc(C2CC2)nc1NC1CCS(=O)(=O)CC1. The zero-order chi connectivity index (χ0) is 15.0. The van der Waals surface area contributed by atoms with Gasteiger partial charge in [-0.1, -0.05) is 0 Å². The number of nitrogens with one attached hydrogen (secondary N) is 2. The lowest BCUT2D eigenvalue weighted by atomic mass is 10.1. The minimum Gasteiger partial charge on any atom is -0.367 e. The van der Waals surface area contributed by atoms with Gasteiger partial charge >= 0.3 is 0 Å². The molecule has 8 heteroatoms. The fourth-order valence-corrected chi connectivity index (χ4v) is 4.06. The number of nitrogen functional groups attached to an aromatic ring is 1. The van der Waals surface area contributed by atoms with Crippen LogP contribution in [0, 0.1) is 6.92 Å². The van der Waals surface area contributed by atoms with Crippen molar-refractivity contribution in [3.05, 3.63) is 11.4 Å². The van der Waals surface area contributed by atoms with E-state index in [-0.39, 0.29) is 17.5 Å². The number of hydrazine groups is 1. The van der Waals surface area contributed by atoms with Gasteiger partial charge in [0.05, 0.1) is 11.5 Å². The first-order valence-corrected chi connectivity index (χ1v) is 9.13. The lowest BCUT2D eigenvalue weighted by Gasteiger charge is -2.25. The van der Waals surface area contributed by atoms with Gasteiger partial charge in [-0.2, -0.15) is 0 Å². The van der Waals surface area contributed by atoms with E-state index < -0.39 is 9.84 Å². The van der Waals surface area contributed by atoms with E-state index in [4.69, 9.17) is 5.84 Å². The van der Waals surface area contributed by atoms with Crippen molar-refractivity contribution in [1.29, 1.82) is 0 Å². The third-order valence-electron chi connectivity index (χ3n) is 4.14. The highest BCUT2D eigenvalue weighted by atomic mass is 32.2. The summed E-state index contributed by atoms with van der Waals surface area (Å²) in [6.07, 6.45) is 3.48. The molecule has 1 saturated carbocycles. The van der Waals surface area contributed by atoms with Crippen LogP contribution in [-0.4, -0.2) is 35.9 Å². The zero-order valence-electron chi connectivity index (χ0n) is 12.1. The molecule has 21 heavy (non-hydrogen) atoms. The fourth-order valence-electron chi connectivity index (χ4n) is 2.57. The summed E-state index contributed by atoms with van der Waals surface area (Å²) in [5.74, 6) is 8.67. The van der Waals surface area contributed by atoms with Gasteiger partial charge < -0.3 is 10.7 Å². The molecule has 0 aromatic carbocycles. The Morgan fingerprint density at radius 3 is 2.29 bits per heavy atom. The van der Waals surface area contributed by atoms with E-state index in [0.29, 0.717) is 24.6 Å². The Morgan fingerprint density at radius 1 is 1.10 bits per heavy atom. The molecule has 1 aliphatic carbocycles. The van der Waals surface area contributed by atoms with Crippen molar-refractivity contribution in [2.75, 3.05) is 22.2 Å². The summed E-state index contributed by atoms with van der Waals surface area (Å²) in [5.41, 5.74) is 3.49. The summed E-state index contributed by atoms with van der Waals surface area (Å²) < 4.78 is 23.0. The summed E-state index contributed by atoms with van der Waals surface area (Å²) in [4.78, 5) is 9.05. The van der Waals surface area contributed by atoms with Crippen molar-refractivity contribution >= 4 is 21.5 Å². The zero-order valence-corrected chi connectivity index (χ0v) is 12.9. The fraction of sp³-hybridized carbons (Fsp3) is 0.692. The second-order valence-corrected chi connectivity index (χ2v) is 8.20. The average Bonchev–Trinajstić information content (AvgIpc) is 3.28. The van der Waals surface area contributed by atoms with Crippen LogP contribution in [0.1, 0.15) is 43.0 Å². The molecular weight excluding hydrogens is 290 g/mol. The molecule has 0 radical (unpaired) electrons. The molecule has 1 aliphatic heterocycles. The van der Waals surface area contributed by atoms with Gasteiger partial charge in [-0.25, -0.2) is 24.2 Å². The average molecular weight is 311 g/mol. The quantitative estimate of drug-likeness (QED) is 0.560. The van der Waals surface area contributed by atoms with E-state index in [2.05, 4.69) is 20.7 Å². The molecule has 1 aromatic rings. The van der Waals surface area contributed by atoms with Crippen LogP contribution in [0.2, 0.25) is 0 Å². The van der Waals surface area contributed by atoms with Gasteiger partial charge in [0.15, 0.2) is 0 Å². The predicted molar refractivity (Wildman–Crippen MR) is 81.9 cm³/mol. The molecule has 2 heterocycles. The van der Waals surface area contributed by atoms with Crippen LogP contribution in [0.25, 0.3) is 0 Å². The Labute approximate surface area is 124 Å². The molecule has 116 valence electrons. The molecular formula is C13H21N5O2S. The summed E-state index contributed by atoms with van der Waals surface area (Å²) >= 11 is 0. The van der Waals surface area contributed by atoms with Crippen LogP contribution in [0.3, 0.4) is 0 Å². The first-order chi connectivity index (χ1) is 9.98. The van der Waals surface area contributed by atoms with Crippen LogP contribution in [0.4, 0.5) is 11.6 Å². The van der Waals surface area contributed by atoms with E-state index in [1.807, 2.05) is 6.92 Å². The van der Waals surface area contributed by atoms with Crippen LogP contribution < -0.4 is 16.6 Å². The summed E-state index contributed by atoms with van der Waals surface area (Å²) in [7, 11) is -2.85. The molecule has 0 amide bonds. The molecule has 7 nitrogen and oxygen atoms in total. The van der Waals surface area contributed by atoms with Gasteiger partial charge in [0.1, 0.15) is 27.3 Å².